The summed E-state index contributed by atoms with van der Waals surface area (Å²) >= 11 is 6.06. The van der Waals surface area contributed by atoms with Gasteiger partial charge in [0.1, 0.15) is 24.5 Å². The van der Waals surface area contributed by atoms with Gasteiger partial charge < -0.3 is 9.64 Å². The smallest absolute Gasteiger partial charge is 0.126 e. The maximum Gasteiger partial charge on any atom is 0.126 e. The van der Waals surface area contributed by atoms with Crippen LogP contribution in [-0.2, 0) is 17.8 Å². The van der Waals surface area contributed by atoms with E-state index in [-0.39, 0.29) is 12.8 Å². The molecule has 0 bridgehead atoms. The Morgan fingerprint density at radius 3 is 2.47 bits per heavy atom. The van der Waals surface area contributed by atoms with Gasteiger partial charge in [-0.15, -0.1) is 5.10 Å². The number of likely N-dealkylation sites (tertiary alicyclic amines) is 1. The average molecular weight is 488 g/mol. The molecule has 6 nitrogen and oxygen atoms in total. The highest BCUT2D eigenvalue weighted by Crippen LogP contribution is 2.37. The molecule has 2 atom stereocenters. The third-order valence-corrected chi connectivity index (χ3v) is 6.97. The normalized spacial score (nSPS) is 21.9. The highest BCUT2D eigenvalue weighted by Gasteiger charge is 2.37. The maximum atomic E-state index is 14.1. The van der Waals surface area contributed by atoms with Crippen LogP contribution >= 0.6 is 11.6 Å². The van der Waals surface area contributed by atoms with E-state index in [1.165, 1.54) is 25.0 Å². The first-order chi connectivity index (χ1) is 16.4. The largest absolute Gasteiger partial charge is 0.353 e. The van der Waals surface area contributed by atoms with Crippen LogP contribution in [0.5, 0.6) is 0 Å². The number of hydrogen-bond donors (Lipinski definition) is 0. The molecule has 0 saturated carbocycles. The van der Waals surface area contributed by atoms with E-state index in [9.17, 15) is 8.78 Å². The summed E-state index contributed by atoms with van der Waals surface area (Å²) in [5.41, 5.74) is 2.29. The Hall–Kier alpha value is -2.55. The number of anilines is 1. The standard InChI is InChI=1S/C25H28ClF2N5O/c1-17-6-8-31(9-7-17)13-22-14-32(30-29-22)15-24-25(18-10-20(27)12-21(28)11-18)33(16-34-24)23-4-2-19(26)3-5-23/h2-5,10-12,14,17,24-25H,6-9,13,15-16H2,1H3/t24-,25-/m0/s1. The van der Waals surface area contributed by atoms with Crippen molar-refractivity contribution in [3.05, 3.63) is 76.6 Å². The zero-order valence-corrected chi connectivity index (χ0v) is 19.8. The van der Waals surface area contributed by atoms with Crippen LogP contribution in [0.4, 0.5) is 14.5 Å². The first-order valence-electron chi connectivity index (χ1n) is 11.7. The number of ether oxygens (including phenoxy) is 1. The molecule has 0 amide bonds. The number of benzene rings is 2. The molecule has 3 heterocycles. The summed E-state index contributed by atoms with van der Waals surface area (Å²) in [6, 6.07) is 10.5. The lowest BCUT2D eigenvalue weighted by Gasteiger charge is -2.29. The summed E-state index contributed by atoms with van der Waals surface area (Å²) < 4.78 is 36.1. The van der Waals surface area contributed by atoms with Crippen LogP contribution in [0.2, 0.25) is 5.02 Å². The minimum absolute atomic E-state index is 0.280. The highest BCUT2D eigenvalue weighted by molar-refractivity contribution is 6.30. The van der Waals surface area contributed by atoms with Gasteiger partial charge >= 0.3 is 0 Å². The highest BCUT2D eigenvalue weighted by atomic mass is 35.5. The van der Waals surface area contributed by atoms with E-state index in [0.29, 0.717) is 17.1 Å². The van der Waals surface area contributed by atoms with Gasteiger partial charge in [-0.05, 0) is 73.8 Å². The second-order valence-electron chi connectivity index (χ2n) is 9.32. The molecule has 0 unspecified atom stereocenters. The minimum Gasteiger partial charge on any atom is -0.353 e. The van der Waals surface area contributed by atoms with Crippen molar-refractivity contribution in [2.24, 2.45) is 5.92 Å². The summed E-state index contributed by atoms with van der Waals surface area (Å²) in [6.45, 7) is 5.91. The number of piperidine rings is 1. The van der Waals surface area contributed by atoms with Gasteiger partial charge in [0.05, 0.1) is 18.3 Å². The number of rotatable bonds is 6. The van der Waals surface area contributed by atoms with E-state index in [0.717, 1.165) is 43.0 Å². The Kier molecular flexibility index (Phi) is 6.81. The Balaban J connectivity index is 1.36. The van der Waals surface area contributed by atoms with Crippen LogP contribution in [0.15, 0.2) is 48.7 Å². The zero-order valence-electron chi connectivity index (χ0n) is 19.1. The monoisotopic (exact) mass is 487 g/mol. The van der Waals surface area contributed by atoms with Crippen molar-refractivity contribution >= 4 is 17.3 Å². The second kappa shape index (κ2) is 9.98. The molecule has 0 aliphatic carbocycles. The molecule has 2 aliphatic heterocycles. The first-order valence-corrected chi connectivity index (χ1v) is 12.0. The topological polar surface area (TPSA) is 46.4 Å². The molecule has 2 aromatic carbocycles. The Labute approximate surface area is 203 Å². The van der Waals surface area contributed by atoms with Crippen LogP contribution < -0.4 is 4.90 Å². The molecule has 0 spiro atoms. The second-order valence-corrected chi connectivity index (χ2v) is 9.76. The third-order valence-electron chi connectivity index (χ3n) is 6.72. The SMILES string of the molecule is CC1CCN(Cc2cn(C[C@@H]3OCN(c4ccc(Cl)cc4)[C@H]3c3cc(F)cc(F)c3)nn2)CC1. The quantitative estimate of drug-likeness (QED) is 0.487. The van der Waals surface area contributed by atoms with Gasteiger partial charge in [0.2, 0.25) is 0 Å². The molecule has 3 aromatic rings. The summed E-state index contributed by atoms with van der Waals surface area (Å²) in [7, 11) is 0. The van der Waals surface area contributed by atoms with Gasteiger partial charge in [-0.1, -0.05) is 23.7 Å². The van der Waals surface area contributed by atoms with E-state index >= 15 is 0 Å². The van der Waals surface area contributed by atoms with Gasteiger partial charge in [-0.3, -0.25) is 4.90 Å². The van der Waals surface area contributed by atoms with Crippen LogP contribution in [0.3, 0.4) is 0 Å². The predicted molar refractivity (Wildman–Crippen MR) is 126 cm³/mol. The first kappa shape index (κ1) is 23.2. The fourth-order valence-corrected chi connectivity index (χ4v) is 4.97. The van der Waals surface area contributed by atoms with Crippen molar-refractivity contribution in [2.45, 2.75) is 45.0 Å². The van der Waals surface area contributed by atoms with Crippen LogP contribution in [0.25, 0.3) is 0 Å². The molecule has 0 N–H and O–H groups in total. The van der Waals surface area contributed by atoms with E-state index < -0.39 is 17.7 Å². The Morgan fingerprint density at radius 1 is 1.06 bits per heavy atom. The van der Waals surface area contributed by atoms with Crippen molar-refractivity contribution in [3.8, 4) is 0 Å². The van der Waals surface area contributed by atoms with Gasteiger partial charge in [0.25, 0.3) is 0 Å². The Morgan fingerprint density at radius 2 is 1.76 bits per heavy atom. The minimum atomic E-state index is -0.615. The van der Waals surface area contributed by atoms with Crippen LogP contribution in [0, 0.1) is 17.6 Å². The molecule has 1 aromatic heterocycles. The number of hydrogen-bond acceptors (Lipinski definition) is 5. The molecule has 34 heavy (non-hydrogen) atoms. The molecule has 2 fully saturated rings. The van der Waals surface area contributed by atoms with Gasteiger partial charge in [-0.2, -0.15) is 0 Å². The lowest BCUT2D eigenvalue weighted by atomic mass is 9.99. The number of nitrogens with zero attached hydrogens (tertiary/aromatic N) is 5. The zero-order chi connectivity index (χ0) is 23.7. The summed E-state index contributed by atoms with van der Waals surface area (Å²) in [6.07, 6.45) is 3.98. The molecular weight excluding hydrogens is 460 g/mol. The van der Waals surface area contributed by atoms with E-state index in [4.69, 9.17) is 16.3 Å². The Bertz CT molecular complexity index is 1100. The lowest BCUT2D eigenvalue weighted by Crippen LogP contribution is -2.32. The third kappa shape index (κ3) is 5.24. The molecule has 0 radical (unpaired) electrons. The maximum absolute atomic E-state index is 14.1. The molecule has 2 saturated heterocycles. The summed E-state index contributed by atoms with van der Waals surface area (Å²) in [4.78, 5) is 4.39. The lowest BCUT2D eigenvalue weighted by molar-refractivity contribution is 0.0858. The van der Waals surface area contributed by atoms with Gasteiger partial charge in [-0.25, -0.2) is 13.5 Å². The predicted octanol–water partition coefficient (Wildman–Crippen LogP) is 5.05. The van der Waals surface area contributed by atoms with Crippen molar-refractivity contribution in [1.82, 2.24) is 19.9 Å². The molecule has 180 valence electrons. The average Bonchev–Trinajstić information content (AvgIpc) is 3.42. The van der Waals surface area contributed by atoms with Gasteiger partial charge in [0, 0.05) is 29.5 Å². The summed E-state index contributed by atoms with van der Waals surface area (Å²) in [5, 5.41) is 9.28. The molecule has 5 rings (SSSR count). The van der Waals surface area contributed by atoms with Gasteiger partial charge in [0.15, 0.2) is 0 Å². The van der Waals surface area contributed by atoms with Crippen molar-refractivity contribution < 1.29 is 13.5 Å². The van der Waals surface area contributed by atoms with Crippen molar-refractivity contribution in [1.29, 1.82) is 0 Å². The fourth-order valence-electron chi connectivity index (χ4n) is 4.84. The fraction of sp³-hybridized carbons (Fsp3) is 0.440. The van der Waals surface area contributed by atoms with E-state index in [2.05, 4.69) is 22.1 Å². The molecule has 2 aliphatic rings. The molecule has 9 heteroatoms. The van der Waals surface area contributed by atoms with E-state index in [1.807, 2.05) is 23.2 Å². The number of halogens is 3. The summed E-state index contributed by atoms with van der Waals surface area (Å²) in [5.74, 6) is -0.453. The molecular formula is C25H28ClF2N5O. The van der Waals surface area contributed by atoms with Crippen LogP contribution in [0.1, 0.15) is 37.1 Å². The van der Waals surface area contributed by atoms with Crippen LogP contribution in [-0.4, -0.2) is 45.8 Å². The van der Waals surface area contributed by atoms with E-state index in [1.54, 1.807) is 16.8 Å². The van der Waals surface area contributed by atoms with Crippen molar-refractivity contribution in [3.63, 3.8) is 0 Å². The number of aromatic nitrogens is 3. The van der Waals surface area contributed by atoms with Crippen molar-refractivity contribution in [2.75, 3.05) is 24.7 Å².